The van der Waals surface area contributed by atoms with Gasteiger partial charge in [0.05, 0.1) is 11.4 Å². The van der Waals surface area contributed by atoms with Crippen molar-refractivity contribution < 1.29 is 0 Å². The number of hydrogen-bond acceptors (Lipinski definition) is 4. The van der Waals surface area contributed by atoms with Gasteiger partial charge in [0, 0.05) is 13.1 Å². The van der Waals surface area contributed by atoms with E-state index in [1.165, 1.54) is 11.1 Å². The molecular weight excluding hydrogens is 284 g/mol. The van der Waals surface area contributed by atoms with Gasteiger partial charge in [-0.15, -0.1) is 0 Å². The monoisotopic (exact) mass is 304 g/mol. The van der Waals surface area contributed by atoms with Crippen LogP contribution in [0.25, 0.3) is 5.57 Å². The molecule has 2 aromatic rings. The van der Waals surface area contributed by atoms with Crippen LogP contribution >= 0.6 is 0 Å². The van der Waals surface area contributed by atoms with Crippen LogP contribution in [0.4, 0.5) is 5.82 Å². The molecule has 0 bridgehead atoms. The van der Waals surface area contributed by atoms with Crippen LogP contribution in [0.2, 0.25) is 0 Å². The number of rotatable bonds is 3. The number of anilines is 1. The molecular formula is C19H20N4. The molecule has 4 nitrogen and oxygen atoms in total. The average molecular weight is 304 g/mol. The molecule has 0 radical (unpaired) electrons. The molecule has 0 amide bonds. The summed E-state index contributed by atoms with van der Waals surface area (Å²) in [5, 5.41) is 9.37. The zero-order valence-electron chi connectivity index (χ0n) is 13.6. The smallest absolute Gasteiger partial charge is 0.183 e. The number of nitrogens with zero attached hydrogens (tertiary/aromatic N) is 4. The van der Waals surface area contributed by atoms with Gasteiger partial charge in [0.25, 0.3) is 0 Å². The first-order chi connectivity index (χ1) is 11.2. The number of aryl methyl sites for hydroxylation is 2. The van der Waals surface area contributed by atoms with Crippen molar-refractivity contribution in [2.45, 2.75) is 26.7 Å². The van der Waals surface area contributed by atoms with Crippen LogP contribution in [0.1, 0.15) is 36.0 Å². The second-order valence-corrected chi connectivity index (χ2v) is 5.68. The van der Waals surface area contributed by atoms with E-state index in [9.17, 15) is 5.26 Å². The Bertz CT molecular complexity index is 772. The van der Waals surface area contributed by atoms with Crippen molar-refractivity contribution in [3.8, 4) is 6.07 Å². The van der Waals surface area contributed by atoms with Crippen LogP contribution in [-0.4, -0.2) is 23.1 Å². The van der Waals surface area contributed by atoms with E-state index in [0.29, 0.717) is 5.69 Å². The second-order valence-electron chi connectivity index (χ2n) is 5.68. The predicted octanol–water partition coefficient (Wildman–Crippen LogP) is 3.51. The van der Waals surface area contributed by atoms with Gasteiger partial charge in [0.1, 0.15) is 6.07 Å². The molecule has 1 aromatic carbocycles. The predicted molar refractivity (Wildman–Crippen MR) is 92.1 cm³/mol. The van der Waals surface area contributed by atoms with Gasteiger partial charge in [-0.05, 0) is 30.9 Å². The first kappa shape index (κ1) is 15.2. The van der Waals surface area contributed by atoms with Gasteiger partial charge in [0.2, 0.25) is 0 Å². The number of hydrogen-bond donors (Lipinski definition) is 0. The molecule has 1 aromatic heterocycles. The Kier molecular flexibility index (Phi) is 4.38. The Hall–Kier alpha value is -2.67. The van der Waals surface area contributed by atoms with Crippen LogP contribution in [0.5, 0.6) is 0 Å². The summed E-state index contributed by atoms with van der Waals surface area (Å²) in [5.74, 6) is 0.721. The zero-order valence-corrected chi connectivity index (χ0v) is 13.6. The molecule has 0 fully saturated rings. The minimum atomic E-state index is 0.427. The molecule has 0 N–H and O–H groups in total. The maximum atomic E-state index is 9.37. The van der Waals surface area contributed by atoms with E-state index in [1.807, 2.05) is 13.0 Å². The van der Waals surface area contributed by atoms with Crippen LogP contribution in [0.15, 0.2) is 36.4 Å². The van der Waals surface area contributed by atoms with Crippen LogP contribution in [0, 0.1) is 18.3 Å². The highest BCUT2D eigenvalue weighted by molar-refractivity contribution is 5.68. The molecule has 116 valence electrons. The summed E-state index contributed by atoms with van der Waals surface area (Å²) in [7, 11) is 0. The lowest BCUT2D eigenvalue weighted by atomic mass is 9.99. The minimum absolute atomic E-state index is 0.427. The maximum Gasteiger partial charge on any atom is 0.183 e. The molecule has 0 atom stereocenters. The number of nitriles is 1. The van der Waals surface area contributed by atoms with Gasteiger partial charge in [0.15, 0.2) is 11.5 Å². The molecule has 0 aliphatic carbocycles. The lowest BCUT2D eigenvalue weighted by molar-refractivity contribution is 0.796. The lowest BCUT2D eigenvalue weighted by Crippen LogP contribution is -2.30. The normalized spacial score (nSPS) is 14.3. The Balaban J connectivity index is 1.88. The highest BCUT2D eigenvalue weighted by atomic mass is 15.2. The molecule has 1 aliphatic rings. The van der Waals surface area contributed by atoms with Crippen molar-refractivity contribution >= 4 is 11.4 Å². The fourth-order valence-electron chi connectivity index (χ4n) is 2.95. The van der Waals surface area contributed by atoms with Gasteiger partial charge in [-0.2, -0.15) is 5.26 Å². The topological polar surface area (TPSA) is 52.8 Å². The van der Waals surface area contributed by atoms with Crippen LogP contribution in [-0.2, 0) is 6.42 Å². The summed E-state index contributed by atoms with van der Waals surface area (Å²) in [6.07, 6.45) is 4.01. The molecule has 0 saturated heterocycles. The van der Waals surface area contributed by atoms with Crippen molar-refractivity contribution in [2.75, 3.05) is 18.0 Å². The van der Waals surface area contributed by atoms with Crippen molar-refractivity contribution in [2.24, 2.45) is 0 Å². The fourth-order valence-corrected chi connectivity index (χ4v) is 2.95. The number of aromatic nitrogens is 2. The average Bonchev–Trinajstić information content (AvgIpc) is 2.62. The molecule has 23 heavy (non-hydrogen) atoms. The van der Waals surface area contributed by atoms with Crippen LogP contribution in [0.3, 0.4) is 0 Å². The summed E-state index contributed by atoms with van der Waals surface area (Å²) >= 11 is 0. The third kappa shape index (κ3) is 3.09. The third-order valence-corrected chi connectivity index (χ3v) is 4.24. The lowest BCUT2D eigenvalue weighted by Gasteiger charge is -2.28. The first-order valence-electron chi connectivity index (χ1n) is 8.00. The Morgan fingerprint density at radius 3 is 2.61 bits per heavy atom. The van der Waals surface area contributed by atoms with E-state index in [2.05, 4.69) is 53.2 Å². The second kappa shape index (κ2) is 6.62. The molecule has 0 saturated carbocycles. The highest BCUT2D eigenvalue weighted by Gasteiger charge is 2.19. The summed E-state index contributed by atoms with van der Waals surface area (Å²) in [6.45, 7) is 5.60. The Morgan fingerprint density at radius 2 is 2.00 bits per heavy atom. The van der Waals surface area contributed by atoms with E-state index in [1.54, 1.807) is 0 Å². The van der Waals surface area contributed by atoms with Gasteiger partial charge < -0.3 is 4.90 Å². The van der Waals surface area contributed by atoms with Gasteiger partial charge in [-0.3, -0.25) is 0 Å². The molecule has 0 spiro atoms. The summed E-state index contributed by atoms with van der Waals surface area (Å²) in [4.78, 5) is 11.3. The van der Waals surface area contributed by atoms with Crippen molar-refractivity contribution in [3.63, 3.8) is 0 Å². The van der Waals surface area contributed by atoms with Crippen molar-refractivity contribution in [3.05, 3.63) is 59.1 Å². The fraction of sp³-hybridized carbons (Fsp3) is 0.316. The maximum absolute atomic E-state index is 9.37. The number of benzene rings is 1. The van der Waals surface area contributed by atoms with Crippen molar-refractivity contribution in [1.82, 2.24) is 9.97 Å². The summed E-state index contributed by atoms with van der Waals surface area (Å²) in [6, 6.07) is 12.6. The third-order valence-electron chi connectivity index (χ3n) is 4.24. The van der Waals surface area contributed by atoms with E-state index in [0.717, 1.165) is 43.1 Å². The Labute approximate surface area is 137 Å². The zero-order chi connectivity index (χ0) is 16.2. The van der Waals surface area contributed by atoms with Crippen LogP contribution < -0.4 is 4.90 Å². The standard InChI is InChI=1S/C19H20N4/c1-3-17-14(2)21-18(13-20)19(22-17)23-11-9-16(10-12-23)15-7-5-4-6-8-15/h4-9H,3,10-12H2,1-2H3. The molecule has 1 aliphatic heterocycles. The minimum Gasteiger partial charge on any atom is -0.350 e. The molecule has 4 heteroatoms. The largest absolute Gasteiger partial charge is 0.350 e. The first-order valence-corrected chi connectivity index (χ1v) is 8.00. The summed E-state index contributed by atoms with van der Waals surface area (Å²) < 4.78 is 0. The summed E-state index contributed by atoms with van der Waals surface area (Å²) in [5.41, 5.74) is 4.88. The van der Waals surface area contributed by atoms with Gasteiger partial charge in [-0.25, -0.2) is 9.97 Å². The SMILES string of the molecule is CCc1nc(N2CC=C(c3ccccc3)CC2)c(C#N)nc1C. The van der Waals surface area contributed by atoms with Gasteiger partial charge >= 0.3 is 0 Å². The quantitative estimate of drug-likeness (QED) is 0.870. The highest BCUT2D eigenvalue weighted by Crippen LogP contribution is 2.26. The van der Waals surface area contributed by atoms with E-state index < -0.39 is 0 Å². The van der Waals surface area contributed by atoms with Gasteiger partial charge in [-0.1, -0.05) is 43.3 Å². The molecule has 3 rings (SSSR count). The molecule has 0 unspecified atom stereocenters. The molecule has 2 heterocycles. The van der Waals surface area contributed by atoms with E-state index in [-0.39, 0.29) is 0 Å². The van der Waals surface area contributed by atoms with E-state index in [4.69, 9.17) is 4.98 Å². The van der Waals surface area contributed by atoms with Crippen molar-refractivity contribution in [1.29, 1.82) is 5.26 Å². The van der Waals surface area contributed by atoms with E-state index >= 15 is 0 Å². The Morgan fingerprint density at radius 1 is 1.22 bits per heavy atom.